The highest BCUT2D eigenvalue weighted by molar-refractivity contribution is 7.00. The summed E-state index contributed by atoms with van der Waals surface area (Å²) in [7, 11) is 0. The third-order valence-electron chi connectivity index (χ3n) is 19.9. The van der Waals surface area contributed by atoms with Crippen LogP contribution in [0.4, 0.5) is 45.5 Å². The molecule has 3 aliphatic heterocycles. The molecule has 3 nitrogen and oxygen atoms in total. The Balaban J connectivity index is 1.25. The molecule has 3 heterocycles. The number of benzene rings is 8. The van der Waals surface area contributed by atoms with Gasteiger partial charge in [-0.15, -0.1) is 0 Å². The van der Waals surface area contributed by atoms with Crippen molar-refractivity contribution in [2.24, 2.45) is 0 Å². The average molecular weight is 1090 g/mol. The zero-order valence-electron chi connectivity index (χ0n) is 53.8. The summed E-state index contributed by atoms with van der Waals surface area (Å²) in [4.78, 5) is 8.27. The van der Waals surface area contributed by atoms with Gasteiger partial charge in [0.1, 0.15) is 0 Å². The van der Waals surface area contributed by atoms with E-state index in [4.69, 9.17) is 0 Å². The summed E-state index contributed by atoms with van der Waals surface area (Å²) in [5, 5.41) is 0. The van der Waals surface area contributed by atoms with E-state index in [2.05, 4.69) is 310 Å². The van der Waals surface area contributed by atoms with E-state index in [1.54, 1.807) is 0 Å². The fraction of sp³-hybridized carbons (Fsp3) is 0.392. The third-order valence-corrected chi connectivity index (χ3v) is 19.9. The van der Waals surface area contributed by atoms with Gasteiger partial charge in [-0.1, -0.05) is 247 Å². The number of rotatable bonds is 5. The van der Waals surface area contributed by atoms with Crippen molar-refractivity contribution in [3.8, 4) is 11.1 Å². The van der Waals surface area contributed by atoms with Gasteiger partial charge < -0.3 is 14.7 Å². The van der Waals surface area contributed by atoms with Gasteiger partial charge in [-0.25, -0.2) is 0 Å². The molecular formula is C79H92BN3. The first kappa shape index (κ1) is 56.7. The third kappa shape index (κ3) is 9.21. The lowest BCUT2D eigenvalue weighted by Crippen LogP contribution is -2.62. The summed E-state index contributed by atoms with van der Waals surface area (Å²) in [6, 6.07) is 65.9. The molecule has 1 fully saturated rings. The number of hydrogen-bond donors (Lipinski definition) is 0. The zero-order chi connectivity index (χ0) is 59.4. The summed E-state index contributed by atoms with van der Waals surface area (Å²) in [5.41, 5.74) is 26.6. The number of nitrogens with zero attached hydrogens (tertiary/aromatic N) is 3. The van der Waals surface area contributed by atoms with E-state index in [1.807, 2.05) is 0 Å². The molecule has 0 spiro atoms. The van der Waals surface area contributed by atoms with Crippen LogP contribution >= 0.6 is 0 Å². The van der Waals surface area contributed by atoms with Crippen molar-refractivity contribution >= 4 is 68.6 Å². The van der Waals surface area contributed by atoms with Gasteiger partial charge >= 0.3 is 0 Å². The Morgan fingerprint density at radius 1 is 0.361 bits per heavy atom. The van der Waals surface area contributed by atoms with Gasteiger partial charge in [-0.3, -0.25) is 0 Å². The van der Waals surface area contributed by atoms with E-state index in [0.29, 0.717) is 0 Å². The molecule has 426 valence electrons. The van der Waals surface area contributed by atoms with Crippen LogP contribution in [0, 0.1) is 0 Å². The van der Waals surface area contributed by atoms with Crippen molar-refractivity contribution in [2.45, 2.75) is 201 Å². The molecule has 2 unspecified atom stereocenters. The highest BCUT2D eigenvalue weighted by Crippen LogP contribution is 2.65. The molecule has 1 aliphatic carbocycles. The Morgan fingerprint density at radius 3 is 1.48 bits per heavy atom. The molecule has 0 aromatic heterocycles. The van der Waals surface area contributed by atoms with E-state index in [9.17, 15) is 0 Å². The largest absolute Gasteiger partial charge is 0.334 e. The van der Waals surface area contributed by atoms with E-state index in [-0.39, 0.29) is 50.2 Å². The normalized spacial score (nSPS) is 18.8. The van der Waals surface area contributed by atoms with Crippen molar-refractivity contribution in [1.82, 2.24) is 0 Å². The van der Waals surface area contributed by atoms with Gasteiger partial charge in [0.2, 0.25) is 0 Å². The Labute approximate surface area is 500 Å². The Hall–Kier alpha value is -6.78. The molecule has 12 rings (SSSR count). The topological polar surface area (TPSA) is 9.72 Å². The Kier molecular flexibility index (Phi) is 13.1. The van der Waals surface area contributed by atoms with Gasteiger partial charge in [0.15, 0.2) is 0 Å². The minimum atomic E-state index is -0.320. The molecule has 1 saturated carbocycles. The molecule has 8 aromatic carbocycles. The van der Waals surface area contributed by atoms with Gasteiger partial charge in [-0.2, -0.15) is 0 Å². The molecule has 4 aliphatic rings. The summed E-state index contributed by atoms with van der Waals surface area (Å²) in [6.45, 7) is 45.1. The van der Waals surface area contributed by atoms with Crippen LogP contribution in [-0.2, 0) is 37.9 Å². The highest BCUT2D eigenvalue weighted by Gasteiger charge is 2.62. The molecule has 0 bridgehead atoms. The van der Waals surface area contributed by atoms with Gasteiger partial charge in [0.25, 0.3) is 6.71 Å². The quantitative estimate of drug-likeness (QED) is 0.159. The van der Waals surface area contributed by atoms with Crippen molar-refractivity contribution < 1.29 is 0 Å². The molecule has 83 heavy (non-hydrogen) atoms. The molecule has 2 atom stereocenters. The van der Waals surface area contributed by atoms with E-state index >= 15 is 0 Å². The second-order valence-corrected chi connectivity index (χ2v) is 31.7. The van der Waals surface area contributed by atoms with Crippen molar-refractivity contribution in [2.75, 3.05) is 14.7 Å². The van der Waals surface area contributed by atoms with E-state index < -0.39 is 0 Å². The predicted molar refractivity (Wildman–Crippen MR) is 361 cm³/mol. The number of fused-ring (bicyclic) bond motifs is 7. The van der Waals surface area contributed by atoms with Crippen LogP contribution < -0.4 is 31.1 Å². The standard InChI is InChI=1S/C79H92BN3/c1-72(2,3)52-30-32-53(33-31-52)79-43-24-23-42-78(79,19)83(66-40-36-56(46-62(66)79)75(10,11)12)60-49-69-71-70(50-60)82(65-39-35-55(74(7,8)9)45-61(65)51-26-21-20-22-27-51)67-41-37-57(76(13,14)15)47-64(67)80(71)63-38-34-58(77(16,17)18)48-68(63)81(69)59-29-25-28-54(44-59)73(4,5)6/h20-22,25-41,44-50H,23-24,42-43H2,1-19H3. The lowest BCUT2D eigenvalue weighted by molar-refractivity contribution is 0.215. The summed E-state index contributed by atoms with van der Waals surface area (Å²) in [6.07, 6.45) is 4.49. The molecule has 0 radical (unpaired) electrons. The summed E-state index contributed by atoms with van der Waals surface area (Å²) in [5.74, 6) is 0. The summed E-state index contributed by atoms with van der Waals surface area (Å²) < 4.78 is 0. The van der Waals surface area contributed by atoms with Crippen LogP contribution in [-0.4, -0.2) is 12.3 Å². The average Bonchev–Trinajstić information content (AvgIpc) is 2.13. The summed E-state index contributed by atoms with van der Waals surface area (Å²) >= 11 is 0. The maximum absolute atomic E-state index is 2.87. The van der Waals surface area contributed by atoms with Crippen molar-refractivity contribution in [3.63, 3.8) is 0 Å². The van der Waals surface area contributed by atoms with Gasteiger partial charge in [-0.05, 0) is 173 Å². The lowest BCUT2D eigenvalue weighted by Gasteiger charge is -2.53. The fourth-order valence-electron chi connectivity index (χ4n) is 14.9. The highest BCUT2D eigenvalue weighted by atomic mass is 15.3. The van der Waals surface area contributed by atoms with E-state index in [1.165, 1.54) is 130 Å². The first-order valence-electron chi connectivity index (χ1n) is 31.2. The first-order valence-corrected chi connectivity index (χ1v) is 31.2. The molecule has 4 heteroatoms. The molecule has 8 aromatic rings. The van der Waals surface area contributed by atoms with E-state index in [0.717, 1.165) is 12.8 Å². The van der Waals surface area contributed by atoms with Crippen molar-refractivity contribution in [3.05, 3.63) is 208 Å². The van der Waals surface area contributed by atoms with Crippen LogP contribution in [0.1, 0.15) is 202 Å². The molecular weight excluding hydrogens is 1000 g/mol. The maximum Gasteiger partial charge on any atom is 0.252 e. The second-order valence-electron chi connectivity index (χ2n) is 31.7. The van der Waals surface area contributed by atoms with Gasteiger partial charge in [0.05, 0.1) is 11.2 Å². The fourth-order valence-corrected chi connectivity index (χ4v) is 14.9. The van der Waals surface area contributed by atoms with Crippen LogP contribution in [0.25, 0.3) is 11.1 Å². The SMILES string of the molecule is CC(C)(C)c1ccc(C23CCCCC2(C)N(c2cc4c5c(c2)N(c2ccc(C(C)(C)C)cc2-c2ccccc2)c2ccc(C(C)(C)C)cc2B5c2ccc(C(C)(C)C)cc2N4c2cccc(C(C)(C)C)c2)c2ccc(C(C)(C)C)cc23)cc1. The Morgan fingerprint density at radius 2 is 0.867 bits per heavy atom. The maximum atomic E-state index is 2.87. The lowest BCUT2D eigenvalue weighted by atomic mass is 9.33. The minimum Gasteiger partial charge on any atom is -0.334 e. The Bertz CT molecular complexity index is 3840. The van der Waals surface area contributed by atoms with Crippen LogP contribution in [0.2, 0.25) is 0 Å². The molecule has 0 amide bonds. The van der Waals surface area contributed by atoms with Crippen LogP contribution in [0.5, 0.6) is 0 Å². The predicted octanol–water partition coefficient (Wildman–Crippen LogP) is 20.0. The minimum absolute atomic E-state index is 0.0308. The molecule has 0 saturated heterocycles. The van der Waals surface area contributed by atoms with Crippen LogP contribution in [0.3, 0.4) is 0 Å². The first-order chi connectivity index (χ1) is 38.8. The number of hydrogen-bond acceptors (Lipinski definition) is 3. The van der Waals surface area contributed by atoms with Crippen molar-refractivity contribution in [1.29, 1.82) is 0 Å². The monoisotopic (exact) mass is 1090 g/mol. The number of anilines is 8. The van der Waals surface area contributed by atoms with Crippen LogP contribution in [0.15, 0.2) is 164 Å². The molecule has 0 N–H and O–H groups in total. The smallest absolute Gasteiger partial charge is 0.252 e. The second kappa shape index (κ2) is 19.1. The zero-order valence-corrected chi connectivity index (χ0v) is 53.8. The van der Waals surface area contributed by atoms with Gasteiger partial charge in [0, 0.05) is 50.8 Å².